The minimum atomic E-state index is 0.158. The van der Waals surface area contributed by atoms with Crippen LogP contribution in [0.25, 0.3) is 0 Å². The predicted molar refractivity (Wildman–Crippen MR) is 82.4 cm³/mol. The monoisotopic (exact) mass is 337 g/mol. The zero-order valence-corrected chi connectivity index (χ0v) is 13.3. The van der Waals surface area contributed by atoms with Crippen LogP contribution in [-0.4, -0.2) is 26.5 Å². The number of rotatable bonds is 7. The van der Waals surface area contributed by atoms with Crippen LogP contribution >= 0.6 is 15.9 Å². The highest BCUT2D eigenvalue weighted by molar-refractivity contribution is 9.10. The molecule has 0 amide bonds. The van der Waals surface area contributed by atoms with E-state index in [0.717, 1.165) is 36.1 Å². The van der Waals surface area contributed by atoms with Gasteiger partial charge in [-0.2, -0.15) is 5.10 Å². The number of hydrogen-bond acceptors (Lipinski definition) is 3. The van der Waals surface area contributed by atoms with Gasteiger partial charge in [0.2, 0.25) is 0 Å². The van der Waals surface area contributed by atoms with Gasteiger partial charge in [0.15, 0.2) is 0 Å². The first-order chi connectivity index (χ1) is 9.72. The molecule has 20 heavy (non-hydrogen) atoms. The maximum atomic E-state index is 9.61. The van der Waals surface area contributed by atoms with E-state index in [0.29, 0.717) is 0 Å². The smallest absolute Gasteiger partial charge is 0.138 e. The van der Waals surface area contributed by atoms with Gasteiger partial charge in [-0.15, -0.1) is 0 Å². The third-order valence-electron chi connectivity index (χ3n) is 3.27. The lowest BCUT2D eigenvalue weighted by Gasteiger charge is -2.14. The molecule has 0 saturated heterocycles. The quantitative estimate of drug-likeness (QED) is 0.845. The van der Waals surface area contributed by atoms with Crippen molar-refractivity contribution < 1.29 is 5.11 Å². The zero-order valence-electron chi connectivity index (χ0n) is 11.7. The molecule has 5 heteroatoms. The van der Waals surface area contributed by atoms with E-state index in [4.69, 9.17) is 0 Å². The molecule has 2 rings (SSSR count). The summed E-state index contributed by atoms with van der Waals surface area (Å²) in [5, 5.41) is 13.8. The lowest BCUT2D eigenvalue weighted by Crippen LogP contribution is -2.17. The molecule has 1 unspecified atom stereocenters. The van der Waals surface area contributed by atoms with Crippen LogP contribution in [0.15, 0.2) is 35.1 Å². The molecule has 2 aromatic rings. The van der Waals surface area contributed by atoms with E-state index < -0.39 is 0 Å². The Balaban J connectivity index is 2.03. The highest BCUT2D eigenvalue weighted by Gasteiger charge is 2.14. The molecule has 0 aliphatic rings. The number of benzene rings is 1. The lowest BCUT2D eigenvalue weighted by atomic mass is 9.96. The Labute approximate surface area is 128 Å². The fraction of sp³-hybridized carbons (Fsp3) is 0.467. The van der Waals surface area contributed by atoms with Gasteiger partial charge in [-0.3, -0.25) is 4.68 Å². The molecule has 1 aromatic carbocycles. The average Bonchev–Trinajstić information content (AvgIpc) is 2.86. The maximum absolute atomic E-state index is 9.61. The second kappa shape index (κ2) is 7.55. The number of hydrogen-bond donors (Lipinski definition) is 1. The first kappa shape index (κ1) is 15.2. The van der Waals surface area contributed by atoms with Crippen molar-refractivity contribution in [1.29, 1.82) is 0 Å². The van der Waals surface area contributed by atoms with Gasteiger partial charge in [-0.1, -0.05) is 35.0 Å². The lowest BCUT2D eigenvalue weighted by molar-refractivity contribution is 0.221. The Morgan fingerprint density at radius 2 is 2.20 bits per heavy atom. The Morgan fingerprint density at radius 1 is 1.35 bits per heavy atom. The van der Waals surface area contributed by atoms with E-state index in [2.05, 4.69) is 45.1 Å². The summed E-state index contributed by atoms with van der Waals surface area (Å²) in [7, 11) is 0. The Kier molecular flexibility index (Phi) is 5.73. The van der Waals surface area contributed by atoms with Gasteiger partial charge in [-0.25, -0.2) is 4.98 Å². The van der Waals surface area contributed by atoms with Crippen LogP contribution < -0.4 is 0 Å². The Bertz CT molecular complexity index is 541. The molecule has 1 aromatic heterocycles. The molecule has 0 aliphatic heterocycles. The SMILES string of the molecule is CCCn1ncnc1CC(CO)Cc1cccc(Br)c1. The summed E-state index contributed by atoms with van der Waals surface area (Å²) in [6.45, 7) is 3.16. The maximum Gasteiger partial charge on any atom is 0.138 e. The molecular formula is C15H20BrN3O. The van der Waals surface area contributed by atoms with Crippen molar-refractivity contribution in [2.45, 2.75) is 32.7 Å². The number of halogens is 1. The highest BCUT2D eigenvalue weighted by atomic mass is 79.9. The van der Waals surface area contributed by atoms with E-state index in [1.807, 2.05) is 16.8 Å². The molecule has 1 atom stereocenters. The summed E-state index contributed by atoms with van der Waals surface area (Å²) in [5.74, 6) is 1.13. The van der Waals surface area contributed by atoms with Crippen molar-refractivity contribution in [2.24, 2.45) is 5.92 Å². The van der Waals surface area contributed by atoms with Gasteiger partial charge in [0.1, 0.15) is 12.2 Å². The first-order valence-electron chi connectivity index (χ1n) is 6.95. The van der Waals surface area contributed by atoms with Gasteiger partial charge < -0.3 is 5.11 Å². The molecule has 1 N–H and O–H groups in total. The van der Waals surface area contributed by atoms with E-state index in [-0.39, 0.29) is 12.5 Å². The topological polar surface area (TPSA) is 50.9 Å². The fourth-order valence-electron chi connectivity index (χ4n) is 2.30. The van der Waals surface area contributed by atoms with Crippen LogP contribution in [0.5, 0.6) is 0 Å². The Hall–Kier alpha value is -1.20. The Morgan fingerprint density at radius 3 is 2.90 bits per heavy atom. The number of aliphatic hydroxyl groups excluding tert-OH is 1. The molecule has 4 nitrogen and oxygen atoms in total. The van der Waals surface area contributed by atoms with Crippen LogP contribution in [0.3, 0.4) is 0 Å². The van der Waals surface area contributed by atoms with E-state index in [9.17, 15) is 5.11 Å². The molecular weight excluding hydrogens is 318 g/mol. The third kappa shape index (κ3) is 4.15. The molecule has 0 fully saturated rings. The van der Waals surface area contributed by atoms with Crippen molar-refractivity contribution >= 4 is 15.9 Å². The minimum absolute atomic E-state index is 0.158. The molecule has 0 aliphatic carbocycles. The second-order valence-corrected chi connectivity index (χ2v) is 5.90. The van der Waals surface area contributed by atoms with Crippen molar-refractivity contribution in [2.75, 3.05) is 6.61 Å². The predicted octanol–water partition coefficient (Wildman–Crippen LogP) is 2.84. The number of nitrogens with zero attached hydrogens (tertiary/aromatic N) is 3. The van der Waals surface area contributed by atoms with Crippen LogP contribution in [0.4, 0.5) is 0 Å². The van der Waals surface area contributed by atoms with Crippen molar-refractivity contribution in [3.8, 4) is 0 Å². The van der Waals surface area contributed by atoms with E-state index >= 15 is 0 Å². The van der Waals surface area contributed by atoms with Crippen LogP contribution in [0, 0.1) is 5.92 Å². The average molecular weight is 338 g/mol. The second-order valence-electron chi connectivity index (χ2n) is 4.99. The van der Waals surface area contributed by atoms with Gasteiger partial charge in [0, 0.05) is 24.0 Å². The molecule has 0 radical (unpaired) electrons. The fourth-order valence-corrected chi connectivity index (χ4v) is 2.75. The van der Waals surface area contributed by atoms with Crippen LogP contribution in [-0.2, 0) is 19.4 Å². The van der Waals surface area contributed by atoms with Gasteiger partial charge in [0.05, 0.1) is 0 Å². The molecule has 0 bridgehead atoms. The minimum Gasteiger partial charge on any atom is -0.396 e. The zero-order chi connectivity index (χ0) is 14.4. The van der Waals surface area contributed by atoms with Crippen molar-refractivity contribution in [3.05, 3.63) is 46.5 Å². The van der Waals surface area contributed by atoms with Crippen LogP contribution in [0.2, 0.25) is 0 Å². The molecule has 0 saturated carbocycles. The summed E-state index contributed by atoms with van der Waals surface area (Å²) in [5.41, 5.74) is 1.22. The molecule has 1 heterocycles. The standard InChI is InChI=1S/C15H20BrN3O/c1-2-6-19-15(17-11-18-19)9-13(10-20)7-12-4-3-5-14(16)8-12/h3-5,8,11,13,20H,2,6-7,9-10H2,1H3. The summed E-state index contributed by atoms with van der Waals surface area (Å²) in [6, 6.07) is 8.21. The number of aryl methyl sites for hydroxylation is 1. The van der Waals surface area contributed by atoms with Gasteiger partial charge >= 0.3 is 0 Å². The summed E-state index contributed by atoms with van der Waals surface area (Å²) in [6.07, 6.45) is 4.22. The molecule has 108 valence electrons. The number of aromatic nitrogens is 3. The van der Waals surface area contributed by atoms with Crippen molar-refractivity contribution in [3.63, 3.8) is 0 Å². The summed E-state index contributed by atoms with van der Waals surface area (Å²) >= 11 is 3.48. The third-order valence-corrected chi connectivity index (χ3v) is 3.77. The largest absolute Gasteiger partial charge is 0.396 e. The highest BCUT2D eigenvalue weighted by Crippen LogP contribution is 2.17. The summed E-state index contributed by atoms with van der Waals surface area (Å²) in [4.78, 5) is 4.31. The normalized spacial score (nSPS) is 12.6. The first-order valence-corrected chi connectivity index (χ1v) is 7.74. The van der Waals surface area contributed by atoms with Gasteiger partial charge in [0.25, 0.3) is 0 Å². The van der Waals surface area contributed by atoms with Gasteiger partial charge in [-0.05, 0) is 36.5 Å². The van der Waals surface area contributed by atoms with Crippen LogP contribution in [0.1, 0.15) is 24.7 Å². The summed E-state index contributed by atoms with van der Waals surface area (Å²) < 4.78 is 3.00. The van der Waals surface area contributed by atoms with Crippen molar-refractivity contribution in [1.82, 2.24) is 14.8 Å². The van der Waals surface area contributed by atoms with E-state index in [1.165, 1.54) is 5.56 Å². The van der Waals surface area contributed by atoms with E-state index in [1.54, 1.807) is 6.33 Å². The number of aliphatic hydroxyl groups is 1. The molecule has 0 spiro atoms.